The summed E-state index contributed by atoms with van der Waals surface area (Å²) in [7, 11) is 0. The van der Waals surface area contributed by atoms with Gasteiger partial charge in [-0.05, 0) is 81.1 Å². The first kappa shape index (κ1) is 38.9. The molecule has 4 aromatic rings. The van der Waals surface area contributed by atoms with Crippen molar-refractivity contribution in [1.82, 2.24) is 19.4 Å². The lowest BCUT2D eigenvalue weighted by Crippen LogP contribution is -2.49. The van der Waals surface area contributed by atoms with E-state index in [1.165, 1.54) is 6.07 Å². The van der Waals surface area contributed by atoms with E-state index in [-0.39, 0.29) is 50.2 Å². The molecule has 6 rings (SSSR count). The van der Waals surface area contributed by atoms with Gasteiger partial charge < -0.3 is 10.4 Å². The number of piperidine rings is 1. The molecule has 1 saturated heterocycles. The molecule has 0 radical (unpaired) electrons. The molecule has 2 N–H and O–H groups in total. The number of halogens is 7. The average Bonchev–Trinajstić information content (AvgIpc) is 3.49. The summed E-state index contributed by atoms with van der Waals surface area (Å²) in [4.78, 5) is 42.1. The van der Waals surface area contributed by atoms with E-state index in [0.29, 0.717) is 43.5 Å². The van der Waals surface area contributed by atoms with Gasteiger partial charge in [-0.2, -0.15) is 26.3 Å². The molecule has 3 aromatic carbocycles. The van der Waals surface area contributed by atoms with Gasteiger partial charge in [-0.3, -0.25) is 23.6 Å². The van der Waals surface area contributed by atoms with Crippen molar-refractivity contribution in [2.75, 3.05) is 19.6 Å². The third kappa shape index (κ3) is 8.31. The Balaban J connectivity index is 1.40. The zero-order chi connectivity index (χ0) is 38.8. The molecule has 0 saturated carbocycles. The van der Waals surface area contributed by atoms with Crippen LogP contribution in [0.2, 0.25) is 0 Å². The largest absolute Gasteiger partial charge is 0.481 e. The van der Waals surface area contributed by atoms with Crippen LogP contribution in [0.5, 0.6) is 0 Å². The minimum absolute atomic E-state index is 0.127. The van der Waals surface area contributed by atoms with E-state index in [4.69, 9.17) is 5.11 Å². The van der Waals surface area contributed by atoms with Crippen LogP contribution in [0, 0.1) is 5.82 Å². The van der Waals surface area contributed by atoms with Crippen LogP contribution in [-0.2, 0) is 48.6 Å². The molecule has 1 fully saturated rings. The zero-order valence-corrected chi connectivity index (χ0v) is 29.2. The van der Waals surface area contributed by atoms with Crippen LogP contribution in [0.25, 0.3) is 0 Å². The lowest BCUT2D eigenvalue weighted by atomic mass is 9.74. The van der Waals surface area contributed by atoms with E-state index in [9.17, 15) is 40.7 Å². The molecule has 15 heteroatoms. The van der Waals surface area contributed by atoms with E-state index in [1.54, 1.807) is 36.4 Å². The Morgan fingerprint density at radius 2 is 1.56 bits per heavy atom. The third-order valence-electron chi connectivity index (χ3n) is 10.6. The maximum absolute atomic E-state index is 15.2. The Morgan fingerprint density at radius 3 is 2.22 bits per heavy atom. The molecular weight excluding hydrogens is 721 g/mol. The number of alkyl halides is 6. The van der Waals surface area contributed by atoms with Crippen molar-refractivity contribution < 1.29 is 40.6 Å². The Bertz CT molecular complexity index is 2100. The summed E-state index contributed by atoms with van der Waals surface area (Å²) in [5.41, 5.74) is -3.35. The monoisotopic (exact) mass is 760 g/mol. The fourth-order valence-corrected chi connectivity index (χ4v) is 7.90. The molecule has 0 amide bonds. The lowest BCUT2D eigenvalue weighted by Gasteiger charge is -2.40. The normalized spacial score (nSPS) is 16.4. The van der Waals surface area contributed by atoms with Gasteiger partial charge in [0, 0.05) is 35.2 Å². The quantitative estimate of drug-likeness (QED) is 0.120. The molecule has 1 atom stereocenters. The minimum Gasteiger partial charge on any atom is -0.481 e. The van der Waals surface area contributed by atoms with Gasteiger partial charge in [-0.25, -0.2) is 9.18 Å². The van der Waals surface area contributed by atoms with E-state index in [2.05, 4.69) is 5.32 Å². The highest BCUT2D eigenvalue weighted by atomic mass is 19.4. The smallest absolute Gasteiger partial charge is 0.416 e. The second kappa shape index (κ2) is 15.5. The van der Waals surface area contributed by atoms with Crippen molar-refractivity contribution in [2.24, 2.45) is 0 Å². The van der Waals surface area contributed by atoms with Crippen molar-refractivity contribution in [1.29, 1.82) is 0 Å². The number of rotatable bonds is 12. The second-order valence-electron chi connectivity index (χ2n) is 14.0. The van der Waals surface area contributed by atoms with E-state index < -0.39 is 70.1 Å². The number of hydrogen-bond acceptors (Lipinski definition) is 5. The molecule has 1 spiro atoms. The van der Waals surface area contributed by atoms with Crippen molar-refractivity contribution in [3.8, 4) is 0 Å². The number of hydrogen-bond donors (Lipinski definition) is 2. The summed E-state index contributed by atoms with van der Waals surface area (Å²) >= 11 is 0. The van der Waals surface area contributed by atoms with Crippen LogP contribution < -0.4 is 16.6 Å². The summed E-state index contributed by atoms with van der Waals surface area (Å²) in [6.07, 6.45) is -7.93. The van der Waals surface area contributed by atoms with Crippen LogP contribution >= 0.6 is 0 Å². The highest BCUT2D eigenvalue weighted by Gasteiger charge is 2.46. The lowest BCUT2D eigenvalue weighted by molar-refractivity contribution is -0.139. The minimum atomic E-state index is -4.93. The average molecular weight is 761 g/mol. The number of carboxylic acids is 1. The molecule has 0 bridgehead atoms. The highest BCUT2D eigenvalue weighted by molar-refractivity contribution is 5.66. The van der Waals surface area contributed by atoms with E-state index >= 15 is 4.39 Å². The van der Waals surface area contributed by atoms with Gasteiger partial charge in [-0.15, -0.1) is 0 Å². The fraction of sp³-hybridized carbons (Fsp3) is 0.410. The van der Waals surface area contributed by atoms with Gasteiger partial charge in [-0.1, -0.05) is 54.6 Å². The Morgan fingerprint density at radius 1 is 0.852 bits per heavy atom. The summed E-state index contributed by atoms with van der Waals surface area (Å²) in [5, 5.41) is 12.4. The molecule has 1 aliphatic heterocycles. The highest BCUT2D eigenvalue weighted by Crippen LogP contribution is 2.45. The van der Waals surface area contributed by atoms with Crippen LogP contribution in [0.1, 0.15) is 77.2 Å². The molecule has 1 aromatic heterocycles. The number of carboxylic acid groups (broad SMARTS) is 1. The molecular formula is C39H39F7N4O4. The van der Waals surface area contributed by atoms with Crippen molar-refractivity contribution in [2.45, 2.75) is 82.0 Å². The zero-order valence-electron chi connectivity index (χ0n) is 29.2. The predicted octanol–water partition coefficient (Wildman–Crippen LogP) is 6.91. The Hall–Kier alpha value is -4.76. The number of aromatic nitrogens is 2. The number of carbonyl (C=O) groups is 1. The van der Waals surface area contributed by atoms with Gasteiger partial charge in [0.05, 0.1) is 30.3 Å². The van der Waals surface area contributed by atoms with Crippen LogP contribution in [0.15, 0.2) is 82.4 Å². The summed E-state index contributed by atoms with van der Waals surface area (Å²) < 4.78 is 99.9. The maximum atomic E-state index is 15.2. The van der Waals surface area contributed by atoms with Gasteiger partial charge in [0.25, 0.3) is 5.56 Å². The number of aliphatic carboxylic acids is 1. The number of nitrogens with one attached hydrogen (secondary N) is 1. The number of nitrogens with zero attached hydrogens (tertiary/aromatic N) is 3. The maximum Gasteiger partial charge on any atom is 0.416 e. The van der Waals surface area contributed by atoms with Crippen LogP contribution in [0.4, 0.5) is 30.7 Å². The van der Waals surface area contributed by atoms with E-state index in [0.717, 1.165) is 39.5 Å². The number of likely N-dealkylation sites (tertiary alicyclic amines) is 1. The second-order valence-corrected chi connectivity index (χ2v) is 14.0. The Kier molecular flexibility index (Phi) is 11.2. The predicted molar refractivity (Wildman–Crippen MR) is 185 cm³/mol. The molecule has 1 aliphatic carbocycles. The first-order valence-corrected chi connectivity index (χ1v) is 17.7. The standard InChI is InChI=1S/C39H39F7N4O4/c40-30-12-5-11-29(39(44,45)46)28(30)23-49-32-14-15-37(16-19-48(20-17-37)22-25-7-4-10-27(21-25)38(41,42)43)34(32)35(53)50(36(49)54)24-31(26-8-2-1-3-9-26)47-18-6-13-33(51)52/h1-5,7-12,21,31,47H,6,13-20,22-24H2,(H,51,52). The SMILES string of the molecule is O=C(O)CCCNC(Cn1c(=O)c2c(n(Cc3c(F)cccc3C(F)(F)F)c1=O)CCC21CCN(Cc2cccc(C(F)(F)F)c2)CC1)c1ccccc1. The van der Waals surface area contributed by atoms with Gasteiger partial charge in [0.2, 0.25) is 0 Å². The van der Waals surface area contributed by atoms with Crippen LogP contribution in [-0.4, -0.2) is 44.7 Å². The molecule has 8 nitrogen and oxygen atoms in total. The van der Waals surface area contributed by atoms with Gasteiger partial charge >= 0.3 is 24.0 Å². The molecule has 1 unspecified atom stereocenters. The molecule has 2 heterocycles. The molecule has 2 aliphatic rings. The third-order valence-corrected chi connectivity index (χ3v) is 10.6. The number of fused-ring (bicyclic) bond motifs is 2. The topological polar surface area (TPSA) is 96.6 Å². The summed E-state index contributed by atoms with van der Waals surface area (Å²) in [5.74, 6) is -2.15. The van der Waals surface area contributed by atoms with Crippen LogP contribution in [0.3, 0.4) is 0 Å². The van der Waals surface area contributed by atoms with Gasteiger partial charge in [0.1, 0.15) is 5.82 Å². The molecule has 54 heavy (non-hydrogen) atoms. The Labute approximate surface area is 305 Å². The van der Waals surface area contributed by atoms with Crippen molar-refractivity contribution in [3.05, 3.63) is 139 Å². The molecule has 288 valence electrons. The summed E-state index contributed by atoms with van der Waals surface area (Å²) in [6.45, 7) is 0.229. The van der Waals surface area contributed by atoms with Crippen molar-refractivity contribution in [3.63, 3.8) is 0 Å². The van der Waals surface area contributed by atoms with E-state index in [1.807, 2.05) is 4.90 Å². The first-order valence-electron chi connectivity index (χ1n) is 17.7. The fourth-order valence-electron chi connectivity index (χ4n) is 7.90. The van der Waals surface area contributed by atoms with Gasteiger partial charge in [0.15, 0.2) is 0 Å². The van der Waals surface area contributed by atoms with Crippen molar-refractivity contribution >= 4 is 5.97 Å². The number of benzene rings is 3. The summed E-state index contributed by atoms with van der Waals surface area (Å²) in [6, 6.07) is 15.8. The first-order chi connectivity index (χ1) is 25.6.